The summed E-state index contributed by atoms with van der Waals surface area (Å²) in [7, 11) is 1.63. The fourth-order valence-corrected chi connectivity index (χ4v) is 2.88. The largest absolute Gasteiger partial charge is 1.00 e. The monoisotopic (exact) mass is 487 g/mol. The van der Waals surface area contributed by atoms with E-state index in [1.807, 2.05) is 45.5 Å². The number of halogens is 2. The third kappa shape index (κ3) is 5.12. The molecule has 4 aromatic rings. The topological polar surface area (TPSA) is 64.1 Å². The van der Waals surface area contributed by atoms with Crippen LogP contribution in [0.4, 0.5) is 0 Å². The standard InChI is InChI=1S/2C8H7BrN2O.B.Na.H/c1-12-8-4-10-7-3-2-6(9)5-11(7)8;9-6-1-2-8-10-3-7(5-12)11(8)4-6;;;/h2-5H,1H3;1-4,12H,5H2;;;/q;;;+1;-1. The quantitative estimate of drug-likeness (QED) is 0.416. The van der Waals surface area contributed by atoms with Crippen LogP contribution in [0.3, 0.4) is 0 Å². The molecule has 0 fully saturated rings. The smallest absolute Gasteiger partial charge is 1.00 e. The van der Waals surface area contributed by atoms with Gasteiger partial charge in [-0.1, -0.05) is 0 Å². The fraction of sp³-hybridized carbons (Fsp3) is 0.125. The van der Waals surface area contributed by atoms with E-state index >= 15 is 0 Å². The Kier molecular flexibility index (Phi) is 9.36. The average molecular weight is 489 g/mol. The summed E-state index contributed by atoms with van der Waals surface area (Å²) < 4.78 is 10.8. The van der Waals surface area contributed by atoms with Gasteiger partial charge in [0.15, 0.2) is 0 Å². The summed E-state index contributed by atoms with van der Waals surface area (Å²) in [5.41, 5.74) is 2.53. The summed E-state index contributed by atoms with van der Waals surface area (Å²) in [6.45, 7) is 0.0115. The predicted octanol–water partition coefficient (Wildman–Crippen LogP) is 0.430. The molecular weight excluding hydrogens is 474 g/mol. The van der Waals surface area contributed by atoms with E-state index in [2.05, 4.69) is 41.8 Å². The number of rotatable bonds is 2. The maximum Gasteiger partial charge on any atom is 1.00 e. The van der Waals surface area contributed by atoms with Crippen LogP contribution >= 0.6 is 31.9 Å². The molecule has 1 N–H and O–H groups in total. The number of methoxy groups -OCH3 is 1. The van der Waals surface area contributed by atoms with Gasteiger partial charge in [-0.05, 0) is 56.1 Å². The van der Waals surface area contributed by atoms with Gasteiger partial charge in [0.2, 0.25) is 5.88 Å². The number of aliphatic hydroxyl groups excluding tert-OH is 1. The van der Waals surface area contributed by atoms with Crippen LogP contribution in [0.1, 0.15) is 7.12 Å². The van der Waals surface area contributed by atoms with Crippen LogP contribution in [0.25, 0.3) is 11.3 Å². The number of hydrogen-bond acceptors (Lipinski definition) is 4. The Bertz CT molecular complexity index is 919. The number of hydrogen-bond donors (Lipinski definition) is 1. The van der Waals surface area contributed by atoms with Gasteiger partial charge in [-0.15, -0.1) is 0 Å². The van der Waals surface area contributed by atoms with E-state index in [-0.39, 0.29) is 46.0 Å². The van der Waals surface area contributed by atoms with Gasteiger partial charge >= 0.3 is 29.6 Å². The van der Waals surface area contributed by atoms with Gasteiger partial charge in [0.05, 0.1) is 31.8 Å². The molecule has 0 aliphatic carbocycles. The van der Waals surface area contributed by atoms with Crippen LogP contribution in [-0.4, -0.2) is 39.4 Å². The SMILES string of the molecule is COc1cnc2ccc(Br)cn12.OCc1cnc2ccc(Br)cn12.[B].[H-].[Na+]. The van der Waals surface area contributed by atoms with Crippen molar-refractivity contribution in [2.24, 2.45) is 0 Å². The van der Waals surface area contributed by atoms with E-state index < -0.39 is 0 Å². The Labute approximate surface area is 193 Å². The van der Waals surface area contributed by atoms with Crippen molar-refractivity contribution in [3.63, 3.8) is 0 Å². The normalized spacial score (nSPS) is 9.85. The van der Waals surface area contributed by atoms with Gasteiger partial charge in [0.25, 0.3) is 0 Å². The van der Waals surface area contributed by atoms with Crippen molar-refractivity contribution in [1.29, 1.82) is 0 Å². The Morgan fingerprint density at radius 2 is 1.54 bits per heavy atom. The Morgan fingerprint density at radius 3 is 2.12 bits per heavy atom. The number of imidazole rings is 2. The number of fused-ring (bicyclic) bond motifs is 2. The molecule has 0 saturated carbocycles. The molecule has 26 heavy (non-hydrogen) atoms. The summed E-state index contributed by atoms with van der Waals surface area (Å²) in [4.78, 5) is 8.26. The van der Waals surface area contributed by atoms with Crippen LogP contribution in [0, 0.1) is 0 Å². The van der Waals surface area contributed by atoms with E-state index in [0.29, 0.717) is 0 Å². The predicted molar refractivity (Wildman–Crippen MR) is 105 cm³/mol. The summed E-state index contributed by atoms with van der Waals surface area (Å²) in [5.74, 6) is 0.742. The molecule has 4 heterocycles. The zero-order valence-corrected chi connectivity index (χ0v) is 19.5. The second-order valence-corrected chi connectivity index (χ2v) is 6.69. The third-order valence-corrected chi connectivity index (χ3v) is 4.29. The van der Waals surface area contributed by atoms with Crippen molar-refractivity contribution in [3.8, 4) is 5.88 Å². The van der Waals surface area contributed by atoms with E-state index in [1.54, 1.807) is 19.5 Å². The molecule has 0 amide bonds. The van der Waals surface area contributed by atoms with Crippen LogP contribution in [0.15, 0.2) is 58.0 Å². The Hall–Kier alpha value is -0.835. The fourth-order valence-electron chi connectivity index (χ4n) is 2.21. The van der Waals surface area contributed by atoms with Crippen LogP contribution in [0.2, 0.25) is 0 Å². The van der Waals surface area contributed by atoms with E-state index in [4.69, 9.17) is 9.84 Å². The molecule has 4 rings (SSSR count). The summed E-state index contributed by atoms with van der Waals surface area (Å²) >= 11 is 6.73. The molecule has 0 unspecified atom stereocenters. The molecule has 0 atom stereocenters. The summed E-state index contributed by atoms with van der Waals surface area (Å²) in [6.07, 6.45) is 7.17. The first-order valence-corrected chi connectivity index (χ1v) is 8.60. The van der Waals surface area contributed by atoms with Crippen molar-refractivity contribution >= 4 is 51.6 Å². The molecule has 3 radical (unpaired) electrons. The van der Waals surface area contributed by atoms with Gasteiger partial charge in [0.1, 0.15) is 11.3 Å². The first kappa shape index (κ1) is 23.2. The van der Waals surface area contributed by atoms with Crippen LogP contribution in [-0.2, 0) is 6.61 Å². The van der Waals surface area contributed by atoms with Crippen molar-refractivity contribution in [2.75, 3.05) is 7.11 Å². The van der Waals surface area contributed by atoms with Gasteiger partial charge in [-0.25, -0.2) is 9.97 Å². The number of ether oxygens (including phenoxy) is 1. The zero-order valence-electron chi connectivity index (χ0n) is 15.3. The van der Waals surface area contributed by atoms with E-state index in [1.165, 1.54) is 0 Å². The first-order chi connectivity index (χ1) is 11.6. The summed E-state index contributed by atoms with van der Waals surface area (Å²) in [6, 6.07) is 7.68. The molecule has 0 saturated heterocycles. The molecule has 10 heteroatoms. The number of aromatic nitrogens is 4. The minimum Gasteiger partial charge on any atom is -1.00 e. The van der Waals surface area contributed by atoms with Gasteiger partial charge < -0.3 is 15.7 Å². The second kappa shape index (κ2) is 10.5. The van der Waals surface area contributed by atoms with Crippen molar-refractivity contribution in [1.82, 2.24) is 18.8 Å². The van der Waals surface area contributed by atoms with Crippen LogP contribution in [0.5, 0.6) is 5.88 Å². The number of nitrogens with zero attached hydrogens (tertiary/aromatic N) is 4. The molecule has 6 nitrogen and oxygen atoms in total. The molecule has 129 valence electrons. The Balaban J connectivity index is 0.000000451. The maximum atomic E-state index is 8.94. The Morgan fingerprint density at radius 1 is 1.00 bits per heavy atom. The van der Waals surface area contributed by atoms with Gasteiger partial charge in [-0.3, -0.25) is 4.40 Å². The number of pyridine rings is 2. The maximum absolute atomic E-state index is 8.94. The van der Waals surface area contributed by atoms with E-state index in [9.17, 15) is 0 Å². The van der Waals surface area contributed by atoms with Crippen molar-refractivity contribution < 1.29 is 40.8 Å². The molecular formula is C16H15BBr2N4NaO2. The summed E-state index contributed by atoms with van der Waals surface area (Å²) in [5, 5.41) is 8.94. The minimum absolute atomic E-state index is 0. The molecule has 0 spiro atoms. The third-order valence-electron chi connectivity index (χ3n) is 3.35. The van der Waals surface area contributed by atoms with Crippen LogP contribution < -0.4 is 34.3 Å². The molecule has 0 aliphatic rings. The second-order valence-electron chi connectivity index (χ2n) is 4.86. The molecule has 4 aromatic heterocycles. The van der Waals surface area contributed by atoms with Crippen molar-refractivity contribution in [3.05, 3.63) is 63.7 Å². The van der Waals surface area contributed by atoms with E-state index in [0.717, 1.165) is 31.8 Å². The first-order valence-electron chi connectivity index (χ1n) is 7.01. The van der Waals surface area contributed by atoms with Crippen molar-refractivity contribution in [2.45, 2.75) is 6.61 Å². The minimum atomic E-state index is 0. The average Bonchev–Trinajstić information content (AvgIpc) is 3.17. The van der Waals surface area contributed by atoms with Gasteiger partial charge in [0, 0.05) is 29.8 Å². The molecule has 0 bridgehead atoms. The molecule has 0 aliphatic heterocycles. The molecule has 0 aromatic carbocycles. The zero-order chi connectivity index (χ0) is 17.1. The van der Waals surface area contributed by atoms with Gasteiger partial charge in [-0.2, -0.15) is 0 Å². The number of aliphatic hydroxyl groups is 1.